The van der Waals surface area contributed by atoms with Gasteiger partial charge in [0, 0.05) is 19.3 Å². The smallest absolute Gasteiger partial charge is 0.255 e. The highest BCUT2D eigenvalue weighted by molar-refractivity contribution is 5.93. The molecule has 0 aliphatic carbocycles. The van der Waals surface area contributed by atoms with Crippen molar-refractivity contribution in [2.75, 3.05) is 13.1 Å². The number of pyridine rings is 1. The van der Waals surface area contributed by atoms with Crippen LogP contribution in [0.2, 0.25) is 0 Å². The number of carbonyl (C=O) groups is 2. The Morgan fingerprint density at radius 3 is 2.22 bits per heavy atom. The summed E-state index contributed by atoms with van der Waals surface area (Å²) < 4.78 is 1.49. The second kappa shape index (κ2) is 9.28. The molecule has 1 aromatic rings. The van der Waals surface area contributed by atoms with Crippen LogP contribution >= 0.6 is 0 Å². The van der Waals surface area contributed by atoms with E-state index >= 15 is 0 Å². The summed E-state index contributed by atoms with van der Waals surface area (Å²) in [7, 11) is 0. The normalized spacial score (nSPS) is 11.0. The molecule has 0 aliphatic heterocycles. The third kappa shape index (κ3) is 6.38. The molecule has 0 radical (unpaired) electrons. The number of amides is 1. The maximum atomic E-state index is 12.8. The highest BCUT2D eigenvalue weighted by atomic mass is 16.2. The molecule has 1 rings (SSSR count). The van der Waals surface area contributed by atoms with Crippen molar-refractivity contribution in [3.63, 3.8) is 0 Å². The van der Waals surface area contributed by atoms with E-state index in [0.29, 0.717) is 17.4 Å². The van der Waals surface area contributed by atoms with Gasteiger partial charge in [-0.15, -0.1) is 0 Å². The Balaban J connectivity index is 2.95. The van der Waals surface area contributed by atoms with Gasteiger partial charge in [0.2, 0.25) is 0 Å². The monoisotopic (exact) mass is 319 g/mol. The summed E-state index contributed by atoms with van der Waals surface area (Å²) >= 11 is 0. The van der Waals surface area contributed by atoms with Crippen LogP contribution in [0.5, 0.6) is 0 Å². The van der Waals surface area contributed by atoms with Crippen molar-refractivity contribution in [1.29, 1.82) is 5.41 Å². The Kier molecular flexibility index (Phi) is 7.72. The van der Waals surface area contributed by atoms with Gasteiger partial charge in [0.25, 0.3) is 5.91 Å². The molecule has 0 bridgehead atoms. The number of hydrogen-bond donors (Lipinski definition) is 1. The third-order valence-electron chi connectivity index (χ3n) is 3.78. The van der Waals surface area contributed by atoms with E-state index in [1.54, 1.807) is 18.3 Å². The zero-order valence-corrected chi connectivity index (χ0v) is 14.7. The van der Waals surface area contributed by atoms with Gasteiger partial charge in [-0.25, -0.2) is 0 Å². The van der Waals surface area contributed by atoms with Crippen LogP contribution in [0.25, 0.3) is 0 Å². The van der Waals surface area contributed by atoms with Crippen molar-refractivity contribution in [3.05, 3.63) is 29.4 Å². The van der Waals surface area contributed by atoms with Crippen molar-refractivity contribution < 1.29 is 9.59 Å². The van der Waals surface area contributed by atoms with Crippen LogP contribution < -0.4 is 5.49 Å². The molecule has 0 fully saturated rings. The predicted octanol–water partition coefficient (Wildman–Crippen LogP) is 2.70. The Hall–Kier alpha value is -1.91. The summed E-state index contributed by atoms with van der Waals surface area (Å²) in [5.41, 5.74) is 0.764. The number of carbonyl (C=O) groups excluding carboxylic acids is 2. The number of nitrogens with zero attached hydrogens (tertiary/aromatic N) is 2. The van der Waals surface area contributed by atoms with Crippen LogP contribution in [0, 0.1) is 17.2 Å². The number of hydrogen-bond acceptors (Lipinski definition) is 3. The summed E-state index contributed by atoms with van der Waals surface area (Å²) in [6.45, 7) is 10.2. The average molecular weight is 319 g/mol. The van der Waals surface area contributed by atoms with Crippen molar-refractivity contribution in [2.45, 2.75) is 47.1 Å². The van der Waals surface area contributed by atoms with Gasteiger partial charge < -0.3 is 14.3 Å². The fourth-order valence-corrected chi connectivity index (χ4v) is 2.23. The molecule has 1 N–H and O–H groups in total. The van der Waals surface area contributed by atoms with Crippen molar-refractivity contribution in [3.8, 4) is 0 Å². The lowest BCUT2D eigenvalue weighted by Gasteiger charge is -2.25. The number of nitrogens with one attached hydrogen (secondary N) is 1. The molecular formula is C18H29N3O2. The zero-order valence-electron chi connectivity index (χ0n) is 14.7. The first-order valence-electron chi connectivity index (χ1n) is 8.33. The first kappa shape index (κ1) is 19.1. The first-order valence-corrected chi connectivity index (χ1v) is 8.33. The zero-order chi connectivity index (χ0) is 17.4. The van der Waals surface area contributed by atoms with Gasteiger partial charge in [-0.3, -0.25) is 10.2 Å². The number of rotatable bonds is 9. The second-order valence-electron chi connectivity index (χ2n) is 6.78. The maximum absolute atomic E-state index is 12.8. The lowest BCUT2D eigenvalue weighted by atomic mass is 10.1. The fraction of sp³-hybridized carbons (Fsp3) is 0.611. The molecule has 0 saturated carbocycles. The van der Waals surface area contributed by atoms with Crippen molar-refractivity contribution in [1.82, 2.24) is 9.47 Å². The topological polar surface area (TPSA) is 66.2 Å². The number of aldehydes is 1. The molecule has 5 nitrogen and oxygen atoms in total. The van der Waals surface area contributed by atoms with E-state index in [1.807, 2.05) is 4.90 Å². The van der Waals surface area contributed by atoms with Crippen LogP contribution in [-0.4, -0.2) is 34.7 Å². The second-order valence-corrected chi connectivity index (χ2v) is 6.78. The summed E-state index contributed by atoms with van der Waals surface area (Å²) in [5.74, 6) is 1.06. The van der Waals surface area contributed by atoms with E-state index in [2.05, 4.69) is 27.7 Å². The van der Waals surface area contributed by atoms with Crippen LogP contribution in [-0.2, 0) is 11.3 Å². The summed E-state index contributed by atoms with van der Waals surface area (Å²) in [6.07, 6.45) is 4.28. The van der Waals surface area contributed by atoms with E-state index < -0.39 is 0 Å². The van der Waals surface area contributed by atoms with Gasteiger partial charge in [-0.2, -0.15) is 0 Å². The minimum absolute atomic E-state index is 0.0223. The van der Waals surface area contributed by atoms with E-state index in [4.69, 9.17) is 5.41 Å². The molecule has 0 aromatic carbocycles. The Morgan fingerprint density at radius 1 is 1.17 bits per heavy atom. The fourth-order valence-electron chi connectivity index (χ4n) is 2.23. The molecule has 0 unspecified atom stereocenters. The van der Waals surface area contributed by atoms with E-state index in [-0.39, 0.29) is 17.9 Å². The van der Waals surface area contributed by atoms with E-state index in [9.17, 15) is 9.59 Å². The van der Waals surface area contributed by atoms with Gasteiger partial charge in [0.05, 0.1) is 12.1 Å². The summed E-state index contributed by atoms with van der Waals surface area (Å²) in [4.78, 5) is 25.4. The summed E-state index contributed by atoms with van der Waals surface area (Å²) in [5, 5.41) is 7.77. The highest BCUT2D eigenvalue weighted by Crippen LogP contribution is 2.10. The molecule has 0 atom stereocenters. The highest BCUT2D eigenvalue weighted by Gasteiger charge is 2.17. The standard InChI is InChI=1S/C18H29N3O2/c1-14(2)7-9-20(10-8-15(3)4)18(23)16-5-6-17(19)21(13-16)11-12-22/h5-6,12-15,19H,7-11H2,1-4H3. The Bertz CT molecular complexity index is 564. The lowest BCUT2D eigenvalue weighted by Crippen LogP contribution is -2.35. The van der Waals surface area contributed by atoms with Crippen LogP contribution in [0.1, 0.15) is 50.9 Å². The number of aromatic nitrogens is 1. The molecule has 0 aliphatic rings. The van der Waals surface area contributed by atoms with Crippen LogP contribution in [0.15, 0.2) is 18.3 Å². The third-order valence-corrected chi connectivity index (χ3v) is 3.78. The lowest BCUT2D eigenvalue weighted by molar-refractivity contribution is -0.108. The molecular weight excluding hydrogens is 290 g/mol. The average Bonchev–Trinajstić information content (AvgIpc) is 2.48. The molecule has 1 heterocycles. The molecule has 128 valence electrons. The van der Waals surface area contributed by atoms with Gasteiger partial charge in [-0.05, 0) is 36.8 Å². The minimum Gasteiger partial charge on any atom is -0.339 e. The van der Waals surface area contributed by atoms with E-state index in [1.165, 1.54) is 4.57 Å². The molecule has 5 heteroatoms. The van der Waals surface area contributed by atoms with Gasteiger partial charge in [0.15, 0.2) is 0 Å². The van der Waals surface area contributed by atoms with Gasteiger partial charge in [-0.1, -0.05) is 27.7 Å². The first-order chi connectivity index (χ1) is 10.8. The Morgan fingerprint density at radius 2 is 1.74 bits per heavy atom. The van der Waals surface area contributed by atoms with Crippen molar-refractivity contribution >= 4 is 12.2 Å². The van der Waals surface area contributed by atoms with Crippen molar-refractivity contribution in [2.24, 2.45) is 11.8 Å². The Labute approximate surface area is 138 Å². The van der Waals surface area contributed by atoms with Gasteiger partial charge >= 0.3 is 0 Å². The quantitative estimate of drug-likeness (QED) is 0.711. The molecule has 1 amide bonds. The SMILES string of the molecule is CC(C)CCN(CCC(C)C)C(=O)c1ccc(=N)n(CC=O)c1. The van der Waals surface area contributed by atoms with E-state index in [0.717, 1.165) is 32.2 Å². The van der Waals surface area contributed by atoms with Crippen LogP contribution in [0.4, 0.5) is 0 Å². The molecule has 0 spiro atoms. The van der Waals surface area contributed by atoms with Crippen LogP contribution in [0.3, 0.4) is 0 Å². The molecule has 23 heavy (non-hydrogen) atoms. The van der Waals surface area contributed by atoms with Gasteiger partial charge in [0.1, 0.15) is 11.8 Å². The largest absolute Gasteiger partial charge is 0.339 e. The molecule has 0 saturated heterocycles. The molecule has 1 aromatic heterocycles. The predicted molar refractivity (Wildman–Crippen MR) is 91.2 cm³/mol. The maximum Gasteiger partial charge on any atom is 0.255 e. The summed E-state index contributed by atoms with van der Waals surface area (Å²) in [6, 6.07) is 3.24. The minimum atomic E-state index is -0.0223.